The van der Waals surface area contributed by atoms with Crippen molar-refractivity contribution < 1.29 is 32.5 Å². The standard InChI is InChI=1S/C29H38N2O7S/c1-36-25-12-14-26(15-13-25)39(34,35)31(16-18-32)17-19-37-28-21-23(22-8-4-2-5-9-22)20-27(38-28)29(33)30-24-10-6-3-7-11-24/h2,4-5,8-9,12-15,20,23-24,28,32H,3,6-7,10-11,16-19,21H2,1H3,(H,30,33)/t23-,28+/m1/s1. The van der Waals surface area contributed by atoms with E-state index in [1.807, 2.05) is 36.4 Å². The van der Waals surface area contributed by atoms with Crippen LogP contribution >= 0.6 is 0 Å². The minimum Gasteiger partial charge on any atom is -0.497 e. The highest BCUT2D eigenvalue weighted by molar-refractivity contribution is 7.89. The molecule has 1 saturated carbocycles. The van der Waals surface area contributed by atoms with Gasteiger partial charge in [0.1, 0.15) is 5.75 Å². The zero-order chi connectivity index (χ0) is 27.7. The number of carbonyl (C=O) groups is 1. The molecule has 4 rings (SSSR count). The van der Waals surface area contributed by atoms with Crippen molar-refractivity contribution in [2.24, 2.45) is 0 Å². The lowest BCUT2D eigenvalue weighted by molar-refractivity contribution is -0.147. The first-order valence-electron chi connectivity index (χ1n) is 13.5. The average Bonchev–Trinajstić information content (AvgIpc) is 2.97. The van der Waals surface area contributed by atoms with Crippen LogP contribution in [0.2, 0.25) is 0 Å². The van der Waals surface area contributed by atoms with Crippen molar-refractivity contribution in [3.8, 4) is 5.75 Å². The normalized spacial score (nSPS) is 20.2. The smallest absolute Gasteiger partial charge is 0.286 e. The van der Waals surface area contributed by atoms with Crippen LogP contribution in [0.5, 0.6) is 5.75 Å². The maximum absolute atomic E-state index is 13.2. The topological polar surface area (TPSA) is 114 Å². The summed E-state index contributed by atoms with van der Waals surface area (Å²) in [6.45, 7) is -0.373. The molecule has 1 fully saturated rings. The van der Waals surface area contributed by atoms with Gasteiger partial charge in [-0.3, -0.25) is 4.79 Å². The van der Waals surface area contributed by atoms with E-state index in [9.17, 15) is 18.3 Å². The third-order valence-corrected chi connectivity index (χ3v) is 9.05. The van der Waals surface area contributed by atoms with Gasteiger partial charge in [-0.05, 0) is 48.7 Å². The minimum absolute atomic E-state index is 0.0120. The predicted octanol–water partition coefficient (Wildman–Crippen LogP) is 3.56. The third-order valence-electron chi connectivity index (χ3n) is 7.14. The number of allylic oxidation sites excluding steroid dienone is 1. The Bertz CT molecular complexity index is 1200. The lowest BCUT2D eigenvalue weighted by atomic mass is 9.92. The van der Waals surface area contributed by atoms with Gasteiger partial charge in [0.05, 0.1) is 25.2 Å². The summed E-state index contributed by atoms with van der Waals surface area (Å²) in [6.07, 6.45) is 6.93. The van der Waals surface area contributed by atoms with Gasteiger partial charge in [-0.2, -0.15) is 4.31 Å². The van der Waals surface area contributed by atoms with Crippen LogP contribution < -0.4 is 10.1 Å². The highest BCUT2D eigenvalue weighted by atomic mass is 32.2. The Balaban J connectivity index is 1.42. The molecule has 2 atom stereocenters. The summed E-state index contributed by atoms with van der Waals surface area (Å²) in [5.41, 5.74) is 1.04. The molecule has 0 bridgehead atoms. The van der Waals surface area contributed by atoms with Crippen molar-refractivity contribution in [2.45, 2.75) is 61.7 Å². The number of methoxy groups -OCH3 is 1. The fourth-order valence-electron chi connectivity index (χ4n) is 5.00. The van der Waals surface area contributed by atoms with E-state index in [0.29, 0.717) is 12.2 Å². The fourth-order valence-corrected chi connectivity index (χ4v) is 6.42. The third kappa shape index (κ3) is 7.82. The molecular weight excluding hydrogens is 520 g/mol. The Hall–Kier alpha value is -2.92. The van der Waals surface area contributed by atoms with Gasteiger partial charge >= 0.3 is 0 Å². The summed E-state index contributed by atoms with van der Waals surface area (Å²) < 4.78 is 44.7. The van der Waals surface area contributed by atoms with Crippen LogP contribution in [-0.2, 0) is 24.3 Å². The van der Waals surface area contributed by atoms with E-state index in [1.54, 1.807) is 12.1 Å². The molecule has 0 aromatic heterocycles. The number of aliphatic hydroxyl groups excluding tert-OH is 1. The fraction of sp³-hybridized carbons (Fsp3) is 0.483. The van der Waals surface area contributed by atoms with Gasteiger partial charge in [0, 0.05) is 31.5 Å². The molecule has 2 aromatic rings. The van der Waals surface area contributed by atoms with E-state index < -0.39 is 16.3 Å². The van der Waals surface area contributed by atoms with Crippen LogP contribution in [0.3, 0.4) is 0 Å². The Morgan fingerprint density at radius 1 is 1.05 bits per heavy atom. The van der Waals surface area contributed by atoms with Crippen LogP contribution in [0, 0.1) is 0 Å². The molecule has 0 unspecified atom stereocenters. The molecular formula is C29H38N2O7S. The van der Waals surface area contributed by atoms with Gasteiger partial charge in [-0.15, -0.1) is 0 Å². The molecule has 0 saturated heterocycles. The quantitative estimate of drug-likeness (QED) is 0.409. The van der Waals surface area contributed by atoms with Crippen molar-refractivity contribution >= 4 is 15.9 Å². The van der Waals surface area contributed by atoms with Crippen molar-refractivity contribution in [1.82, 2.24) is 9.62 Å². The van der Waals surface area contributed by atoms with Crippen molar-refractivity contribution in [3.63, 3.8) is 0 Å². The number of ether oxygens (including phenoxy) is 3. The molecule has 2 N–H and O–H groups in total. The Morgan fingerprint density at radius 2 is 1.77 bits per heavy atom. The predicted molar refractivity (Wildman–Crippen MR) is 147 cm³/mol. The van der Waals surface area contributed by atoms with Gasteiger partial charge < -0.3 is 24.6 Å². The van der Waals surface area contributed by atoms with Crippen molar-refractivity contribution in [3.05, 3.63) is 72.0 Å². The van der Waals surface area contributed by atoms with E-state index in [0.717, 1.165) is 31.2 Å². The number of hydrogen-bond acceptors (Lipinski definition) is 7. The number of nitrogens with one attached hydrogen (secondary N) is 1. The molecule has 1 aliphatic carbocycles. The van der Waals surface area contributed by atoms with Crippen LogP contribution in [0.15, 0.2) is 71.3 Å². The molecule has 1 aliphatic heterocycles. The van der Waals surface area contributed by atoms with Gasteiger partial charge in [0.25, 0.3) is 5.91 Å². The maximum atomic E-state index is 13.2. The number of aliphatic hydroxyl groups is 1. The molecule has 10 heteroatoms. The van der Waals surface area contributed by atoms with Crippen LogP contribution in [0.25, 0.3) is 0 Å². The van der Waals surface area contributed by atoms with E-state index in [1.165, 1.54) is 30.0 Å². The molecule has 0 spiro atoms. The number of carbonyl (C=O) groups excluding carboxylic acids is 1. The lowest BCUT2D eigenvalue weighted by Crippen LogP contribution is -2.40. The Kier molecular flexibility index (Phi) is 10.4. The summed E-state index contributed by atoms with van der Waals surface area (Å²) in [5.74, 6) is 0.433. The van der Waals surface area contributed by atoms with Crippen molar-refractivity contribution in [2.75, 3.05) is 33.4 Å². The van der Waals surface area contributed by atoms with Gasteiger partial charge in [0.2, 0.25) is 16.3 Å². The Labute approximate surface area is 230 Å². The number of rotatable bonds is 12. The molecule has 2 aromatic carbocycles. The number of hydrogen-bond donors (Lipinski definition) is 2. The van der Waals surface area contributed by atoms with E-state index in [4.69, 9.17) is 14.2 Å². The van der Waals surface area contributed by atoms with Crippen LogP contribution in [0.4, 0.5) is 0 Å². The first kappa shape index (κ1) is 29.1. The summed E-state index contributed by atoms with van der Waals surface area (Å²) >= 11 is 0. The maximum Gasteiger partial charge on any atom is 0.286 e. The second-order valence-electron chi connectivity index (χ2n) is 9.81. The minimum atomic E-state index is -3.86. The van der Waals surface area contributed by atoms with Crippen LogP contribution in [-0.4, -0.2) is 69.5 Å². The number of benzene rings is 2. The lowest BCUT2D eigenvalue weighted by Gasteiger charge is -2.31. The summed E-state index contributed by atoms with van der Waals surface area (Å²) in [4.78, 5) is 13.2. The largest absolute Gasteiger partial charge is 0.497 e. The Morgan fingerprint density at radius 3 is 2.44 bits per heavy atom. The number of amides is 1. The zero-order valence-electron chi connectivity index (χ0n) is 22.3. The second kappa shape index (κ2) is 13.9. The molecule has 1 heterocycles. The highest BCUT2D eigenvalue weighted by Gasteiger charge is 2.31. The SMILES string of the molecule is COc1ccc(S(=O)(=O)N(CCO)CCO[C@@H]2C[C@H](c3ccccc3)C=C(C(=O)NC3CCCCC3)O2)cc1. The highest BCUT2D eigenvalue weighted by Crippen LogP contribution is 2.32. The number of sulfonamides is 1. The van der Waals surface area contributed by atoms with Crippen LogP contribution in [0.1, 0.15) is 50.0 Å². The molecule has 1 amide bonds. The number of nitrogens with zero attached hydrogens (tertiary/aromatic N) is 1. The second-order valence-corrected chi connectivity index (χ2v) is 11.8. The van der Waals surface area contributed by atoms with E-state index in [2.05, 4.69) is 5.32 Å². The monoisotopic (exact) mass is 558 g/mol. The molecule has 2 aliphatic rings. The zero-order valence-corrected chi connectivity index (χ0v) is 23.1. The summed E-state index contributed by atoms with van der Waals surface area (Å²) in [6, 6.07) is 16.1. The molecule has 212 valence electrons. The van der Waals surface area contributed by atoms with E-state index >= 15 is 0 Å². The molecule has 39 heavy (non-hydrogen) atoms. The first-order chi connectivity index (χ1) is 18.9. The van der Waals surface area contributed by atoms with Gasteiger partial charge in [-0.25, -0.2) is 8.42 Å². The average molecular weight is 559 g/mol. The van der Waals surface area contributed by atoms with E-state index in [-0.39, 0.29) is 54.8 Å². The van der Waals surface area contributed by atoms with Crippen molar-refractivity contribution in [1.29, 1.82) is 0 Å². The first-order valence-corrected chi connectivity index (χ1v) is 15.0. The van der Waals surface area contributed by atoms with Gasteiger partial charge in [0.15, 0.2) is 5.76 Å². The summed E-state index contributed by atoms with van der Waals surface area (Å²) in [7, 11) is -2.36. The molecule has 0 radical (unpaired) electrons. The molecule has 9 nitrogen and oxygen atoms in total. The van der Waals surface area contributed by atoms with Gasteiger partial charge in [-0.1, -0.05) is 49.6 Å². The summed E-state index contributed by atoms with van der Waals surface area (Å²) in [5, 5.41) is 12.6.